The monoisotopic (exact) mass is 448 g/mol. The van der Waals surface area contributed by atoms with Gasteiger partial charge < -0.3 is 9.47 Å². The van der Waals surface area contributed by atoms with Crippen LogP contribution in [0.15, 0.2) is 72.8 Å². The van der Waals surface area contributed by atoms with Gasteiger partial charge in [0.05, 0.1) is 14.2 Å². The van der Waals surface area contributed by atoms with Crippen LogP contribution in [0.3, 0.4) is 0 Å². The Balaban J connectivity index is -0.000000152. The molecule has 3 heteroatoms. The van der Waals surface area contributed by atoms with E-state index in [1.807, 2.05) is 114 Å². The third kappa shape index (κ3) is 35.2. The third-order valence-corrected chi connectivity index (χ3v) is 3.87. The van der Waals surface area contributed by atoms with Crippen molar-refractivity contribution in [2.24, 2.45) is 5.41 Å². The van der Waals surface area contributed by atoms with E-state index in [9.17, 15) is 4.79 Å². The molecule has 1 fully saturated rings. The highest BCUT2D eigenvalue weighted by Gasteiger charge is 2.19. The first-order chi connectivity index (χ1) is 15.5. The zero-order valence-corrected chi connectivity index (χ0v) is 22.7. The maximum atomic E-state index is 9.74. The molecule has 0 spiro atoms. The van der Waals surface area contributed by atoms with Crippen LogP contribution in [0.5, 0.6) is 0 Å². The van der Waals surface area contributed by atoms with Gasteiger partial charge in [0.15, 0.2) is 0 Å². The summed E-state index contributed by atoms with van der Waals surface area (Å²) in [7, 11) is 2.51. The quantitative estimate of drug-likeness (QED) is 0.376. The molecule has 0 atom stereocenters. The Morgan fingerprint density at radius 3 is 0.844 bits per heavy atom. The summed E-state index contributed by atoms with van der Waals surface area (Å²) in [6.07, 6.45) is 6.65. The highest BCUT2D eigenvalue weighted by molar-refractivity contribution is 5.59. The number of hydrogen-bond donors (Lipinski definition) is 0. The molecule has 0 saturated heterocycles. The molecule has 32 heavy (non-hydrogen) atoms. The van der Waals surface area contributed by atoms with Crippen LogP contribution < -0.4 is 0 Å². The maximum Gasteiger partial charge on any atom is 0.507 e. The lowest BCUT2D eigenvalue weighted by Crippen LogP contribution is -2.14. The van der Waals surface area contributed by atoms with E-state index in [0.29, 0.717) is 5.41 Å². The lowest BCUT2D eigenvalue weighted by atomic mass is 9.78. The van der Waals surface area contributed by atoms with Crippen LogP contribution in [0.25, 0.3) is 0 Å². The fourth-order valence-corrected chi connectivity index (χ4v) is 2.36. The van der Waals surface area contributed by atoms with Crippen molar-refractivity contribution in [2.75, 3.05) is 14.2 Å². The van der Waals surface area contributed by atoms with Crippen molar-refractivity contribution in [3.63, 3.8) is 0 Å². The van der Waals surface area contributed by atoms with Gasteiger partial charge in [0.25, 0.3) is 0 Å². The standard InChI is InChI=1S/C8H16.2C6H6.C3H6O3.3C2H6/c1-8(2)6-4-3-5-7-8;2*1-2-4-6-5-3-1;1-5-3(4)6-2;3*1-2/h3-7H2,1-2H3;2*1-6H;1-2H3;3*1-2H3. The van der Waals surface area contributed by atoms with Gasteiger partial charge in [-0.2, -0.15) is 0 Å². The van der Waals surface area contributed by atoms with E-state index in [1.165, 1.54) is 46.3 Å². The van der Waals surface area contributed by atoms with Gasteiger partial charge in [-0.25, -0.2) is 4.79 Å². The van der Waals surface area contributed by atoms with Crippen LogP contribution in [0, 0.1) is 5.41 Å². The number of hydrogen-bond acceptors (Lipinski definition) is 3. The first-order valence-electron chi connectivity index (χ1n) is 12.1. The first-order valence-corrected chi connectivity index (χ1v) is 12.1. The van der Waals surface area contributed by atoms with Crippen LogP contribution in [-0.4, -0.2) is 20.4 Å². The Morgan fingerprint density at radius 2 is 0.750 bits per heavy atom. The van der Waals surface area contributed by atoms with Crippen LogP contribution in [0.2, 0.25) is 0 Å². The molecule has 3 nitrogen and oxygen atoms in total. The van der Waals surface area contributed by atoms with E-state index in [0.717, 1.165) is 0 Å². The number of carbonyl (C=O) groups excluding carboxylic acids is 1. The highest BCUT2D eigenvalue weighted by Crippen LogP contribution is 2.34. The number of rotatable bonds is 0. The van der Waals surface area contributed by atoms with Gasteiger partial charge >= 0.3 is 6.16 Å². The van der Waals surface area contributed by atoms with E-state index >= 15 is 0 Å². The van der Waals surface area contributed by atoms with E-state index in [2.05, 4.69) is 23.3 Å². The minimum absolute atomic E-state index is 0.657. The summed E-state index contributed by atoms with van der Waals surface area (Å²) in [4.78, 5) is 9.74. The van der Waals surface area contributed by atoms with Gasteiger partial charge in [0, 0.05) is 0 Å². The highest BCUT2D eigenvalue weighted by atomic mass is 16.7. The summed E-state index contributed by atoms with van der Waals surface area (Å²) >= 11 is 0. The second-order valence-electron chi connectivity index (χ2n) is 6.69. The Labute approximate surface area is 200 Å². The summed E-state index contributed by atoms with van der Waals surface area (Å²) in [5.74, 6) is 0. The molecule has 2 aromatic rings. The first kappa shape index (κ1) is 37.0. The fraction of sp³-hybridized carbons (Fsp3) is 0.552. The van der Waals surface area contributed by atoms with E-state index in [-0.39, 0.29) is 0 Å². The molecular formula is C29H52O3. The summed E-state index contributed by atoms with van der Waals surface area (Å²) in [6, 6.07) is 24.0. The Kier molecular flexibility index (Phi) is 38.6. The summed E-state index contributed by atoms with van der Waals surface area (Å²) in [6.45, 7) is 16.8. The van der Waals surface area contributed by atoms with Gasteiger partial charge in [-0.15, -0.1) is 0 Å². The van der Waals surface area contributed by atoms with Crippen LogP contribution in [-0.2, 0) is 9.47 Å². The smallest absolute Gasteiger partial charge is 0.438 e. The summed E-state index contributed by atoms with van der Waals surface area (Å²) < 4.78 is 8.08. The molecule has 1 saturated carbocycles. The minimum atomic E-state index is -0.657. The molecule has 0 amide bonds. The molecule has 0 unspecified atom stereocenters. The average molecular weight is 449 g/mol. The zero-order valence-electron chi connectivity index (χ0n) is 22.7. The van der Waals surface area contributed by atoms with Gasteiger partial charge in [-0.05, 0) is 18.3 Å². The third-order valence-electron chi connectivity index (χ3n) is 3.87. The lowest BCUT2D eigenvalue weighted by Gasteiger charge is -2.28. The van der Waals surface area contributed by atoms with Gasteiger partial charge in [-0.3, -0.25) is 0 Å². The van der Waals surface area contributed by atoms with Crippen LogP contribution in [0.4, 0.5) is 4.79 Å². The number of ether oxygens (including phenoxy) is 2. The number of methoxy groups -OCH3 is 2. The van der Waals surface area contributed by atoms with Crippen molar-refractivity contribution in [3.8, 4) is 0 Å². The molecule has 1 aliphatic carbocycles. The molecule has 1 aliphatic rings. The SMILES string of the molecule is CC.CC.CC.CC1(C)CCCCC1.COC(=O)OC.c1ccccc1.c1ccccc1. The molecule has 0 aliphatic heterocycles. The van der Waals surface area contributed by atoms with Gasteiger partial charge in [0.2, 0.25) is 0 Å². The van der Waals surface area contributed by atoms with Gasteiger partial charge in [-0.1, -0.05) is 147 Å². The molecule has 0 N–H and O–H groups in total. The molecular weight excluding hydrogens is 396 g/mol. The predicted octanol–water partition coefficient (Wildman–Crippen LogP) is 9.83. The summed E-state index contributed by atoms with van der Waals surface area (Å²) in [5, 5.41) is 0. The zero-order chi connectivity index (χ0) is 25.5. The molecule has 0 bridgehead atoms. The van der Waals surface area contributed by atoms with Crippen molar-refractivity contribution in [1.82, 2.24) is 0 Å². The molecule has 0 aromatic heterocycles. The number of benzene rings is 2. The summed E-state index contributed by atoms with van der Waals surface area (Å²) in [5.41, 5.74) is 0.679. The topological polar surface area (TPSA) is 35.5 Å². The molecule has 186 valence electrons. The van der Waals surface area contributed by atoms with Crippen LogP contribution in [0.1, 0.15) is 87.5 Å². The maximum absolute atomic E-state index is 9.74. The van der Waals surface area contributed by atoms with Crippen molar-refractivity contribution in [3.05, 3.63) is 72.8 Å². The average Bonchev–Trinajstić information content (AvgIpc) is 2.90. The largest absolute Gasteiger partial charge is 0.507 e. The van der Waals surface area contributed by atoms with Crippen molar-refractivity contribution in [2.45, 2.75) is 87.5 Å². The van der Waals surface area contributed by atoms with Gasteiger partial charge in [0.1, 0.15) is 0 Å². The molecule has 2 aromatic carbocycles. The molecule has 3 rings (SSSR count). The minimum Gasteiger partial charge on any atom is -0.438 e. The second-order valence-corrected chi connectivity index (χ2v) is 6.69. The van der Waals surface area contributed by atoms with E-state index in [4.69, 9.17) is 0 Å². The van der Waals surface area contributed by atoms with E-state index in [1.54, 1.807) is 0 Å². The molecule has 0 radical (unpaired) electrons. The van der Waals surface area contributed by atoms with E-state index < -0.39 is 6.16 Å². The number of carbonyl (C=O) groups is 1. The van der Waals surface area contributed by atoms with Crippen molar-refractivity contribution >= 4 is 6.16 Å². The van der Waals surface area contributed by atoms with Crippen LogP contribution >= 0.6 is 0 Å². The predicted molar refractivity (Wildman–Crippen MR) is 143 cm³/mol. The lowest BCUT2D eigenvalue weighted by molar-refractivity contribution is 0.0924. The molecule has 0 heterocycles. The Morgan fingerprint density at radius 1 is 0.531 bits per heavy atom. The van der Waals surface area contributed by atoms with Crippen molar-refractivity contribution in [1.29, 1.82) is 0 Å². The Hall–Kier alpha value is -2.29. The Bertz CT molecular complexity index is 426. The fourth-order valence-electron chi connectivity index (χ4n) is 2.36. The normalized spacial score (nSPS) is 11.8. The van der Waals surface area contributed by atoms with Crippen molar-refractivity contribution < 1.29 is 14.3 Å². The second kappa shape index (κ2) is 33.4.